The Hall–Kier alpha value is -1.81. The van der Waals surface area contributed by atoms with Gasteiger partial charge in [-0.05, 0) is 52.4 Å². The van der Waals surface area contributed by atoms with E-state index in [1.54, 1.807) is 25.7 Å². The Labute approximate surface area is 142 Å². The van der Waals surface area contributed by atoms with Crippen LogP contribution in [0.4, 0.5) is 4.79 Å². The zero-order valence-corrected chi connectivity index (χ0v) is 14.4. The van der Waals surface area contributed by atoms with Gasteiger partial charge in [0.1, 0.15) is 17.7 Å². The fourth-order valence-corrected chi connectivity index (χ4v) is 4.24. The summed E-state index contributed by atoms with van der Waals surface area (Å²) in [5.74, 6) is -0.241. The van der Waals surface area contributed by atoms with E-state index in [1.807, 2.05) is 0 Å². The Bertz CT molecular complexity index is 579. The number of amides is 2. The smallest absolute Gasteiger partial charge is 0.411 e. The Balaban J connectivity index is 1.84. The summed E-state index contributed by atoms with van der Waals surface area (Å²) < 4.78 is 5.46. The first-order chi connectivity index (χ1) is 11.2. The number of carbonyl (C=O) groups is 2. The number of hydrogen-bond donors (Lipinski definition) is 1. The Morgan fingerprint density at radius 1 is 1.29 bits per heavy atom. The molecule has 3 fully saturated rings. The standard InChI is InChI=1S/C17H25N3O4/c1-17(2,3)24-16(23)20-12-7-10(8-13(12)21)14(20)15(22)19-6-4-5-11(19)9-18/h10-14,21H,4-8H2,1-3H3/t10-,11-,12+,13+,14-/m0/s1. The van der Waals surface area contributed by atoms with Gasteiger partial charge in [-0.3, -0.25) is 9.69 Å². The van der Waals surface area contributed by atoms with E-state index < -0.39 is 29.9 Å². The summed E-state index contributed by atoms with van der Waals surface area (Å²) in [4.78, 5) is 28.7. The number of aliphatic hydroxyl groups excluding tert-OH is 1. The van der Waals surface area contributed by atoms with Gasteiger partial charge in [0.05, 0.1) is 18.2 Å². The van der Waals surface area contributed by atoms with Crippen LogP contribution in [0.3, 0.4) is 0 Å². The lowest BCUT2D eigenvalue weighted by Gasteiger charge is -2.39. The van der Waals surface area contributed by atoms with Crippen molar-refractivity contribution in [2.45, 2.75) is 76.3 Å². The minimum atomic E-state index is -0.666. The van der Waals surface area contributed by atoms with Crippen LogP contribution in [0.5, 0.6) is 0 Å². The molecule has 1 saturated carbocycles. The lowest BCUT2D eigenvalue weighted by atomic mass is 9.96. The number of hydrogen-bond acceptors (Lipinski definition) is 5. The first kappa shape index (κ1) is 17.0. The van der Waals surface area contributed by atoms with Crippen LogP contribution in [-0.4, -0.2) is 63.3 Å². The van der Waals surface area contributed by atoms with Gasteiger partial charge in [-0.2, -0.15) is 5.26 Å². The molecule has 0 radical (unpaired) electrons. The van der Waals surface area contributed by atoms with Gasteiger partial charge < -0.3 is 14.7 Å². The zero-order valence-electron chi connectivity index (χ0n) is 14.4. The van der Waals surface area contributed by atoms with Crippen LogP contribution in [-0.2, 0) is 9.53 Å². The minimum absolute atomic E-state index is 0.0649. The fourth-order valence-electron chi connectivity index (χ4n) is 4.24. The van der Waals surface area contributed by atoms with Gasteiger partial charge in [0.15, 0.2) is 0 Å². The Kier molecular flexibility index (Phi) is 4.20. The van der Waals surface area contributed by atoms with Crippen LogP contribution in [0.25, 0.3) is 0 Å². The predicted octanol–water partition coefficient (Wildman–Crippen LogP) is 1.26. The number of carbonyl (C=O) groups excluding carboxylic acids is 2. The van der Waals surface area contributed by atoms with E-state index in [1.165, 1.54) is 4.90 Å². The van der Waals surface area contributed by atoms with Gasteiger partial charge >= 0.3 is 6.09 Å². The summed E-state index contributed by atoms with van der Waals surface area (Å²) in [5, 5.41) is 19.4. The molecular weight excluding hydrogens is 310 g/mol. The molecule has 2 heterocycles. The molecule has 2 saturated heterocycles. The third-order valence-corrected chi connectivity index (χ3v) is 5.18. The largest absolute Gasteiger partial charge is 0.444 e. The van der Waals surface area contributed by atoms with Crippen LogP contribution in [0.2, 0.25) is 0 Å². The molecule has 1 N–H and O–H groups in total. The van der Waals surface area contributed by atoms with Gasteiger partial charge in [-0.25, -0.2) is 4.79 Å². The van der Waals surface area contributed by atoms with Crippen molar-refractivity contribution in [2.24, 2.45) is 5.92 Å². The highest BCUT2D eigenvalue weighted by atomic mass is 16.6. The summed E-state index contributed by atoms with van der Waals surface area (Å²) in [7, 11) is 0. The van der Waals surface area contributed by atoms with Crippen LogP contribution >= 0.6 is 0 Å². The molecule has 1 aliphatic carbocycles. The van der Waals surface area contributed by atoms with Crippen molar-refractivity contribution >= 4 is 12.0 Å². The lowest BCUT2D eigenvalue weighted by molar-refractivity contribution is -0.140. The second-order valence-corrected chi connectivity index (χ2v) is 8.02. The number of nitrogens with zero attached hydrogens (tertiary/aromatic N) is 3. The summed E-state index contributed by atoms with van der Waals surface area (Å²) in [6.45, 7) is 5.88. The number of ether oxygens (including phenoxy) is 1. The van der Waals surface area contributed by atoms with E-state index in [-0.39, 0.29) is 17.9 Å². The molecule has 0 spiro atoms. The second kappa shape index (κ2) is 5.92. The van der Waals surface area contributed by atoms with Crippen molar-refractivity contribution in [3.63, 3.8) is 0 Å². The summed E-state index contributed by atoms with van der Waals surface area (Å²) in [5.41, 5.74) is -0.666. The van der Waals surface area contributed by atoms with Gasteiger partial charge in [-0.15, -0.1) is 0 Å². The summed E-state index contributed by atoms with van der Waals surface area (Å²) in [6, 6.07) is 0.764. The number of aliphatic hydroxyl groups is 1. The molecule has 3 aliphatic rings. The van der Waals surface area contributed by atoms with Crippen LogP contribution in [0.15, 0.2) is 0 Å². The fraction of sp³-hybridized carbons (Fsp3) is 0.824. The maximum Gasteiger partial charge on any atom is 0.411 e. The Morgan fingerprint density at radius 3 is 2.62 bits per heavy atom. The molecule has 0 unspecified atom stereocenters. The van der Waals surface area contributed by atoms with Crippen molar-refractivity contribution < 1.29 is 19.4 Å². The van der Waals surface area contributed by atoms with Crippen LogP contribution in [0, 0.1) is 17.2 Å². The number of nitriles is 1. The molecule has 7 heteroatoms. The number of rotatable bonds is 1. The van der Waals surface area contributed by atoms with Gasteiger partial charge in [0, 0.05) is 6.54 Å². The number of fused-ring (bicyclic) bond motifs is 2. The number of likely N-dealkylation sites (tertiary alicyclic amines) is 2. The average Bonchev–Trinajstić information content (AvgIpc) is 3.16. The Morgan fingerprint density at radius 2 is 2.00 bits per heavy atom. The minimum Gasteiger partial charge on any atom is -0.444 e. The third-order valence-electron chi connectivity index (χ3n) is 5.18. The van der Waals surface area contributed by atoms with Crippen LogP contribution < -0.4 is 0 Å². The predicted molar refractivity (Wildman–Crippen MR) is 84.7 cm³/mol. The molecule has 132 valence electrons. The van der Waals surface area contributed by atoms with E-state index in [9.17, 15) is 20.0 Å². The average molecular weight is 335 g/mol. The normalized spacial score (nSPS) is 35.2. The van der Waals surface area contributed by atoms with Crippen molar-refractivity contribution in [1.29, 1.82) is 5.26 Å². The van der Waals surface area contributed by atoms with Crippen molar-refractivity contribution in [1.82, 2.24) is 9.80 Å². The quantitative estimate of drug-likeness (QED) is 0.778. The molecule has 24 heavy (non-hydrogen) atoms. The second-order valence-electron chi connectivity index (χ2n) is 8.02. The highest BCUT2D eigenvalue weighted by Gasteiger charge is 2.57. The summed E-state index contributed by atoms with van der Waals surface area (Å²) in [6.07, 6.45) is 1.45. The molecule has 0 aromatic carbocycles. The van der Waals surface area contributed by atoms with E-state index >= 15 is 0 Å². The molecular formula is C17H25N3O4. The maximum absolute atomic E-state index is 13.0. The molecule has 2 amide bonds. The van der Waals surface area contributed by atoms with E-state index in [4.69, 9.17) is 4.74 Å². The molecule has 5 atom stereocenters. The van der Waals surface area contributed by atoms with Gasteiger partial charge in [0.25, 0.3) is 0 Å². The SMILES string of the molecule is CC(C)(C)OC(=O)N1[C@@H]2C[C@@H](C[C@H]2O)[C@H]1C(=O)N1CCC[C@H]1C#N. The molecule has 0 aromatic rings. The zero-order chi connectivity index (χ0) is 17.6. The topological polar surface area (TPSA) is 93.9 Å². The molecule has 3 rings (SSSR count). The monoisotopic (exact) mass is 335 g/mol. The highest BCUT2D eigenvalue weighted by molar-refractivity contribution is 5.88. The van der Waals surface area contributed by atoms with Gasteiger partial charge in [0.2, 0.25) is 5.91 Å². The van der Waals surface area contributed by atoms with E-state index in [0.29, 0.717) is 25.8 Å². The summed E-state index contributed by atoms with van der Waals surface area (Å²) >= 11 is 0. The first-order valence-corrected chi connectivity index (χ1v) is 8.62. The molecule has 2 bridgehead atoms. The van der Waals surface area contributed by atoms with E-state index in [0.717, 1.165) is 6.42 Å². The number of piperidine rings is 1. The maximum atomic E-state index is 13.0. The highest BCUT2D eigenvalue weighted by Crippen LogP contribution is 2.44. The lowest BCUT2D eigenvalue weighted by Crippen LogP contribution is -2.58. The van der Waals surface area contributed by atoms with Crippen molar-refractivity contribution in [3.8, 4) is 6.07 Å². The van der Waals surface area contributed by atoms with E-state index in [2.05, 4.69) is 6.07 Å². The molecule has 0 aromatic heterocycles. The van der Waals surface area contributed by atoms with Gasteiger partial charge in [-0.1, -0.05) is 0 Å². The first-order valence-electron chi connectivity index (χ1n) is 8.62. The third kappa shape index (κ3) is 2.84. The van der Waals surface area contributed by atoms with Crippen LogP contribution in [0.1, 0.15) is 46.5 Å². The molecule has 2 aliphatic heterocycles. The van der Waals surface area contributed by atoms with Crippen molar-refractivity contribution in [3.05, 3.63) is 0 Å². The van der Waals surface area contributed by atoms with Crippen molar-refractivity contribution in [2.75, 3.05) is 6.54 Å². The molecule has 7 nitrogen and oxygen atoms in total.